The number of hydrogen-bond donors (Lipinski definition) is 0. The predicted octanol–water partition coefficient (Wildman–Crippen LogP) is 16.7. The van der Waals surface area contributed by atoms with Gasteiger partial charge in [-0.2, -0.15) is 0 Å². The van der Waals surface area contributed by atoms with Gasteiger partial charge in [-0.05, 0) is 90.0 Å². The standard InChI is InChI=1S/C60H37N3S/c1-3-17-39(18-4-1)61-49-28-11-7-21-42(49)48-37-38(33-34-52(48)61)41-25-15-27-44(43-26-16-32-56-57(43)47-24-10-14-31-55(47)64-56)60(41)63-51-30-13-9-23-46(51)59-54(63)36-35-53-58(59)45-22-8-12-29-50(45)62(53)40-19-5-2-6-20-40/h1-37H. The first-order chi connectivity index (χ1) is 31.8. The molecular formula is C60H37N3S. The van der Waals surface area contributed by atoms with Crippen molar-refractivity contribution in [3.8, 4) is 39.3 Å². The van der Waals surface area contributed by atoms with E-state index in [1.807, 2.05) is 11.3 Å². The molecule has 0 radical (unpaired) electrons. The van der Waals surface area contributed by atoms with Crippen LogP contribution in [0.1, 0.15) is 0 Å². The minimum Gasteiger partial charge on any atom is -0.309 e. The number of fused-ring (bicyclic) bond motifs is 13. The number of benzene rings is 10. The lowest BCUT2D eigenvalue weighted by atomic mass is 9.92. The first-order valence-corrected chi connectivity index (χ1v) is 22.8. The maximum atomic E-state index is 2.58. The average molecular weight is 832 g/mol. The van der Waals surface area contributed by atoms with E-state index in [0.717, 1.165) is 11.4 Å². The lowest BCUT2D eigenvalue weighted by Crippen LogP contribution is -2.01. The van der Waals surface area contributed by atoms with Crippen molar-refractivity contribution in [3.63, 3.8) is 0 Å². The van der Waals surface area contributed by atoms with E-state index < -0.39 is 0 Å². The number of thiophene rings is 1. The SMILES string of the molecule is c1ccc(-n2c3ccccc3c3cc(-c4cccc(-c5cccc6sc7ccccc7c56)c4-n4c5ccccc5c5c6c7ccccc7n(-c7ccccc7)c6ccc54)ccc32)cc1. The molecular weight excluding hydrogens is 795 g/mol. The highest BCUT2D eigenvalue weighted by atomic mass is 32.1. The van der Waals surface area contributed by atoms with Crippen molar-refractivity contribution in [1.29, 1.82) is 0 Å². The molecule has 4 aromatic heterocycles. The molecule has 0 aliphatic rings. The van der Waals surface area contributed by atoms with Gasteiger partial charge < -0.3 is 13.7 Å². The normalized spacial score (nSPS) is 12.1. The van der Waals surface area contributed by atoms with Gasteiger partial charge in [0.1, 0.15) is 0 Å². The lowest BCUT2D eigenvalue weighted by molar-refractivity contribution is 1.17. The van der Waals surface area contributed by atoms with E-state index in [2.05, 4.69) is 238 Å². The summed E-state index contributed by atoms with van der Waals surface area (Å²) in [6, 6.07) is 82.8. The van der Waals surface area contributed by atoms with Crippen molar-refractivity contribution < 1.29 is 0 Å². The zero-order chi connectivity index (χ0) is 41.9. The minimum absolute atomic E-state index is 1.16. The van der Waals surface area contributed by atoms with Crippen LogP contribution in [0.2, 0.25) is 0 Å². The van der Waals surface area contributed by atoms with E-state index in [9.17, 15) is 0 Å². The Bertz CT molecular complexity index is 4180. The highest BCUT2D eigenvalue weighted by Crippen LogP contribution is 2.48. The fraction of sp³-hybridized carbons (Fsp3) is 0. The summed E-state index contributed by atoms with van der Waals surface area (Å²) in [5, 5.41) is 10.1. The molecule has 14 rings (SSSR count). The number of hydrogen-bond acceptors (Lipinski definition) is 1. The van der Waals surface area contributed by atoms with E-state index in [1.54, 1.807) is 0 Å². The smallest absolute Gasteiger partial charge is 0.0619 e. The molecule has 3 nitrogen and oxygen atoms in total. The van der Waals surface area contributed by atoms with Gasteiger partial charge in [-0.1, -0.05) is 146 Å². The lowest BCUT2D eigenvalue weighted by Gasteiger charge is -2.20. The van der Waals surface area contributed by atoms with Crippen molar-refractivity contribution in [3.05, 3.63) is 224 Å². The summed E-state index contributed by atoms with van der Waals surface area (Å²) >= 11 is 1.87. The van der Waals surface area contributed by atoms with Crippen molar-refractivity contribution in [2.45, 2.75) is 0 Å². The van der Waals surface area contributed by atoms with Crippen LogP contribution in [0.15, 0.2) is 224 Å². The van der Waals surface area contributed by atoms with E-state index in [-0.39, 0.29) is 0 Å². The highest BCUT2D eigenvalue weighted by molar-refractivity contribution is 7.25. The van der Waals surface area contributed by atoms with Gasteiger partial charge in [-0.25, -0.2) is 0 Å². The molecule has 0 atom stereocenters. The van der Waals surface area contributed by atoms with Gasteiger partial charge in [0.2, 0.25) is 0 Å². The van der Waals surface area contributed by atoms with Crippen LogP contribution in [-0.4, -0.2) is 13.7 Å². The Labute approximate surface area is 372 Å². The maximum Gasteiger partial charge on any atom is 0.0619 e. The fourth-order valence-electron chi connectivity index (χ4n) is 10.8. The van der Waals surface area contributed by atoms with E-state index in [1.165, 1.54) is 114 Å². The van der Waals surface area contributed by atoms with E-state index in [0.29, 0.717) is 0 Å². The summed E-state index contributed by atoms with van der Waals surface area (Å²) in [6.07, 6.45) is 0. The van der Waals surface area contributed by atoms with Crippen LogP contribution in [0, 0.1) is 0 Å². The predicted molar refractivity (Wildman–Crippen MR) is 273 cm³/mol. The molecule has 64 heavy (non-hydrogen) atoms. The van der Waals surface area contributed by atoms with Gasteiger partial charge in [-0.15, -0.1) is 11.3 Å². The summed E-state index contributed by atoms with van der Waals surface area (Å²) in [4.78, 5) is 0. The molecule has 0 amide bonds. The molecule has 10 aromatic carbocycles. The van der Waals surface area contributed by atoms with Gasteiger partial charge in [0.15, 0.2) is 0 Å². The molecule has 0 N–H and O–H groups in total. The van der Waals surface area contributed by atoms with E-state index >= 15 is 0 Å². The van der Waals surface area contributed by atoms with Crippen LogP contribution in [0.25, 0.3) is 125 Å². The summed E-state index contributed by atoms with van der Waals surface area (Å²) < 4.78 is 10.0. The molecule has 0 saturated heterocycles. The third-order valence-electron chi connectivity index (χ3n) is 13.4. The monoisotopic (exact) mass is 831 g/mol. The molecule has 0 fully saturated rings. The zero-order valence-corrected chi connectivity index (χ0v) is 35.4. The van der Waals surface area contributed by atoms with Crippen LogP contribution in [0.4, 0.5) is 0 Å². The third-order valence-corrected chi connectivity index (χ3v) is 14.6. The Morgan fingerprint density at radius 2 is 0.734 bits per heavy atom. The van der Waals surface area contributed by atoms with Gasteiger partial charge in [-0.3, -0.25) is 0 Å². The molecule has 4 heterocycles. The van der Waals surface area contributed by atoms with Crippen LogP contribution < -0.4 is 0 Å². The second kappa shape index (κ2) is 13.7. The Morgan fingerprint density at radius 1 is 0.266 bits per heavy atom. The maximum absolute atomic E-state index is 2.58. The first kappa shape index (κ1) is 35.4. The topological polar surface area (TPSA) is 14.8 Å². The van der Waals surface area contributed by atoms with Gasteiger partial charge in [0.05, 0.1) is 38.8 Å². The molecule has 298 valence electrons. The molecule has 0 aliphatic heterocycles. The van der Waals surface area contributed by atoms with Crippen molar-refractivity contribution in [2.75, 3.05) is 0 Å². The largest absolute Gasteiger partial charge is 0.309 e. The van der Waals surface area contributed by atoms with Crippen LogP contribution in [0.3, 0.4) is 0 Å². The Morgan fingerprint density at radius 3 is 1.44 bits per heavy atom. The molecule has 0 saturated carbocycles. The average Bonchev–Trinajstić information content (AvgIpc) is 4.10. The molecule has 0 spiro atoms. The Hall–Kier alpha value is -8.18. The number of rotatable bonds is 5. The summed E-state index contributed by atoms with van der Waals surface area (Å²) in [6.45, 7) is 0. The second-order valence-corrected chi connectivity index (χ2v) is 17.9. The first-order valence-electron chi connectivity index (χ1n) is 21.9. The van der Waals surface area contributed by atoms with Gasteiger partial charge in [0.25, 0.3) is 0 Å². The number of para-hydroxylation sites is 6. The summed E-state index contributed by atoms with van der Waals surface area (Å²) in [7, 11) is 0. The van der Waals surface area contributed by atoms with Crippen molar-refractivity contribution >= 4 is 96.9 Å². The Kier molecular flexibility index (Phi) is 7.56. The van der Waals surface area contributed by atoms with Gasteiger partial charge >= 0.3 is 0 Å². The molecule has 0 unspecified atom stereocenters. The van der Waals surface area contributed by atoms with E-state index in [4.69, 9.17) is 0 Å². The number of aromatic nitrogens is 3. The molecule has 0 aliphatic carbocycles. The van der Waals surface area contributed by atoms with Crippen molar-refractivity contribution in [2.24, 2.45) is 0 Å². The summed E-state index contributed by atoms with van der Waals surface area (Å²) in [5.74, 6) is 0. The molecule has 14 aromatic rings. The second-order valence-electron chi connectivity index (χ2n) is 16.8. The fourth-order valence-corrected chi connectivity index (χ4v) is 12.0. The number of nitrogens with zero attached hydrogens (tertiary/aromatic N) is 3. The van der Waals surface area contributed by atoms with Crippen LogP contribution in [0.5, 0.6) is 0 Å². The van der Waals surface area contributed by atoms with Gasteiger partial charge in [0, 0.05) is 75.0 Å². The highest BCUT2D eigenvalue weighted by Gasteiger charge is 2.25. The molecule has 0 bridgehead atoms. The Balaban J connectivity index is 1.13. The van der Waals surface area contributed by atoms with Crippen LogP contribution in [-0.2, 0) is 0 Å². The van der Waals surface area contributed by atoms with Crippen molar-refractivity contribution in [1.82, 2.24) is 13.7 Å². The minimum atomic E-state index is 1.16. The summed E-state index contributed by atoms with van der Waals surface area (Å²) in [5.41, 5.74) is 15.4. The van der Waals surface area contributed by atoms with Crippen LogP contribution >= 0.6 is 11.3 Å². The zero-order valence-electron chi connectivity index (χ0n) is 34.6. The molecule has 4 heteroatoms. The third kappa shape index (κ3) is 4.97. The quantitative estimate of drug-likeness (QED) is 0.164.